The summed E-state index contributed by atoms with van der Waals surface area (Å²) >= 11 is 0. The van der Waals surface area contributed by atoms with Crippen LogP contribution in [0.3, 0.4) is 0 Å². The Labute approximate surface area is 114 Å². The van der Waals surface area contributed by atoms with Gasteiger partial charge in [-0.1, -0.05) is 29.3 Å². The summed E-state index contributed by atoms with van der Waals surface area (Å²) in [5, 5.41) is 0. The Bertz CT molecular complexity index is 572. The lowest BCUT2D eigenvalue weighted by Gasteiger charge is -2.25. The number of benzene rings is 2. The Balaban J connectivity index is 2.47. The zero-order chi connectivity index (χ0) is 13.8. The summed E-state index contributed by atoms with van der Waals surface area (Å²) < 4.78 is 0. The fraction of sp³-hybridized carbons (Fsp3) is 0.235. The Morgan fingerprint density at radius 2 is 1.63 bits per heavy atom. The molecule has 0 saturated carbocycles. The van der Waals surface area contributed by atoms with Gasteiger partial charge in [0.05, 0.1) is 5.69 Å². The van der Waals surface area contributed by atoms with E-state index in [0.29, 0.717) is 0 Å². The standard InChI is InChI=1S/C17H19NO/c1-4-18(16-8-5-13(2)6-9-16)17-10-7-14(3)11-15(17)12-19/h5-12H,4H2,1-3H3. The number of hydrogen-bond acceptors (Lipinski definition) is 2. The topological polar surface area (TPSA) is 20.3 Å². The molecule has 0 amide bonds. The highest BCUT2D eigenvalue weighted by molar-refractivity contribution is 5.87. The number of aldehydes is 1. The average molecular weight is 253 g/mol. The SMILES string of the molecule is CCN(c1ccc(C)cc1)c1ccc(C)cc1C=O. The second kappa shape index (κ2) is 5.70. The lowest BCUT2D eigenvalue weighted by molar-refractivity contribution is 0.112. The maximum atomic E-state index is 11.3. The molecule has 0 saturated heterocycles. The second-order valence-electron chi connectivity index (χ2n) is 4.76. The largest absolute Gasteiger partial charge is 0.341 e. The third kappa shape index (κ3) is 2.84. The summed E-state index contributed by atoms with van der Waals surface area (Å²) in [5.74, 6) is 0. The van der Waals surface area contributed by atoms with Crippen molar-refractivity contribution >= 4 is 17.7 Å². The maximum Gasteiger partial charge on any atom is 0.152 e. The van der Waals surface area contributed by atoms with Crippen molar-refractivity contribution in [1.82, 2.24) is 0 Å². The fourth-order valence-electron chi connectivity index (χ4n) is 2.23. The molecule has 0 aliphatic carbocycles. The lowest BCUT2D eigenvalue weighted by atomic mass is 10.1. The fourth-order valence-corrected chi connectivity index (χ4v) is 2.23. The first-order valence-electron chi connectivity index (χ1n) is 6.55. The maximum absolute atomic E-state index is 11.3. The van der Waals surface area contributed by atoms with Gasteiger partial charge in [0.2, 0.25) is 0 Å². The number of aryl methyl sites for hydroxylation is 2. The molecule has 98 valence electrons. The predicted molar refractivity (Wildman–Crippen MR) is 80.4 cm³/mol. The molecule has 0 atom stereocenters. The zero-order valence-corrected chi connectivity index (χ0v) is 11.7. The number of carbonyl (C=O) groups excluding carboxylic acids is 1. The quantitative estimate of drug-likeness (QED) is 0.758. The molecule has 0 unspecified atom stereocenters. The van der Waals surface area contributed by atoms with Crippen LogP contribution < -0.4 is 4.90 Å². The summed E-state index contributed by atoms with van der Waals surface area (Å²) in [6, 6.07) is 14.3. The third-order valence-corrected chi connectivity index (χ3v) is 3.26. The molecule has 0 aliphatic heterocycles. The minimum atomic E-state index is 0.738. The van der Waals surface area contributed by atoms with Gasteiger partial charge in [-0.15, -0.1) is 0 Å². The molecule has 0 aromatic heterocycles. The third-order valence-electron chi connectivity index (χ3n) is 3.26. The molecule has 0 radical (unpaired) electrons. The van der Waals surface area contributed by atoms with E-state index >= 15 is 0 Å². The highest BCUT2D eigenvalue weighted by Crippen LogP contribution is 2.28. The van der Waals surface area contributed by atoms with Crippen LogP contribution in [0.25, 0.3) is 0 Å². The molecule has 19 heavy (non-hydrogen) atoms. The first-order chi connectivity index (χ1) is 9.15. The summed E-state index contributed by atoms with van der Waals surface area (Å²) in [6.45, 7) is 6.99. The summed E-state index contributed by atoms with van der Waals surface area (Å²) in [4.78, 5) is 13.4. The van der Waals surface area contributed by atoms with Crippen LogP contribution >= 0.6 is 0 Å². The van der Waals surface area contributed by atoms with Gasteiger partial charge < -0.3 is 4.90 Å². The van der Waals surface area contributed by atoms with E-state index in [4.69, 9.17) is 0 Å². The van der Waals surface area contributed by atoms with Crippen molar-refractivity contribution < 1.29 is 4.79 Å². The first-order valence-corrected chi connectivity index (χ1v) is 6.55. The molecule has 2 heteroatoms. The molecule has 2 aromatic carbocycles. The van der Waals surface area contributed by atoms with E-state index in [0.717, 1.165) is 35.3 Å². The molecule has 2 nitrogen and oxygen atoms in total. The van der Waals surface area contributed by atoms with Crippen LogP contribution in [-0.4, -0.2) is 12.8 Å². The molecule has 0 N–H and O–H groups in total. The van der Waals surface area contributed by atoms with Gasteiger partial charge in [-0.3, -0.25) is 4.79 Å². The summed E-state index contributed by atoms with van der Waals surface area (Å²) in [6.07, 6.45) is 0.930. The van der Waals surface area contributed by atoms with Crippen LogP contribution in [0, 0.1) is 13.8 Å². The number of hydrogen-bond donors (Lipinski definition) is 0. The van der Waals surface area contributed by atoms with Crippen molar-refractivity contribution in [2.75, 3.05) is 11.4 Å². The molecule has 0 heterocycles. The highest BCUT2D eigenvalue weighted by atomic mass is 16.1. The van der Waals surface area contributed by atoms with Crippen LogP contribution in [-0.2, 0) is 0 Å². The summed E-state index contributed by atoms with van der Waals surface area (Å²) in [7, 11) is 0. The lowest BCUT2D eigenvalue weighted by Crippen LogP contribution is -2.17. The van der Waals surface area contributed by atoms with E-state index in [-0.39, 0.29) is 0 Å². The summed E-state index contributed by atoms with van der Waals surface area (Å²) in [5.41, 5.74) is 5.15. The van der Waals surface area contributed by atoms with Gasteiger partial charge in [0, 0.05) is 17.8 Å². The normalized spacial score (nSPS) is 10.3. The van der Waals surface area contributed by atoms with Gasteiger partial charge >= 0.3 is 0 Å². The Morgan fingerprint density at radius 1 is 1.00 bits per heavy atom. The van der Waals surface area contributed by atoms with Crippen molar-refractivity contribution in [1.29, 1.82) is 0 Å². The highest BCUT2D eigenvalue weighted by Gasteiger charge is 2.11. The number of carbonyl (C=O) groups is 1. The van der Waals surface area contributed by atoms with E-state index in [2.05, 4.69) is 43.0 Å². The Kier molecular flexibility index (Phi) is 4.00. The predicted octanol–water partition coefficient (Wildman–Crippen LogP) is 4.27. The van der Waals surface area contributed by atoms with Crippen LogP contribution in [0.5, 0.6) is 0 Å². The van der Waals surface area contributed by atoms with Crippen LogP contribution in [0.1, 0.15) is 28.4 Å². The van der Waals surface area contributed by atoms with E-state index in [1.807, 2.05) is 25.1 Å². The number of nitrogens with zero attached hydrogens (tertiary/aromatic N) is 1. The van der Waals surface area contributed by atoms with Crippen molar-refractivity contribution in [3.05, 3.63) is 59.2 Å². The molecule has 0 aliphatic rings. The van der Waals surface area contributed by atoms with Crippen LogP contribution in [0.2, 0.25) is 0 Å². The Hall–Kier alpha value is -2.09. The average Bonchev–Trinajstić information content (AvgIpc) is 2.43. The van der Waals surface area contributed by atoms with Crippen molar-refractivity contribution in [2.24, 2.45) is 0 Å². The van der Waals surface area contributed by atoms with Crippen LogP contribution in [0.4, 0.5) is 11.4 Å². The minimum Gasteiger partial charge on any atom is -0.341 e. The van der Waals surface area contributed by atoms with E-state index in [9.17, 15) is 4.79 Å². The van der Waals surface area contributed by atoms with Crippen LogP contribution in [0.15, 0.2) is 42.5 Å². The van der Waals surface area contributed by atoms with Crippen molar-refractivity contribution in [2.45, 2.75) is 20.8 Å². The molecule has 0 spiro atoms. The monoisotopic (exact) mass is 253 g/mol. The number of anilines is 2. The molecule has 0 bridgehead atoms. The van der Waals surface area contributed by atoms with Gasteiger partial charge in [0.1, 0.15) is 0 Å². The second-order valence-corrected chi connectivity index (χ2v) is 4.76. The van der Waals surface area contributed by atoms with E-state index < -0.39 is 0 Å². The first kappa shape index (κ1) is 13.3. The van der Waals surface area contributed by atoms with Gasteiger partial charge in [-0.05, 0) is 45.0 Å². The smallest absolute Gasteiger partial charge is 0.152 e. The van der Waals surface area contributed by atoms with Gasteiger partial charge in [-0.25, -0.2) is 0 Å². The van der Waals surface area contributed by atoms with E-state index in [1.165, 1.54) is 5.56 Å². The Morgan fingerprint density at radius 3 is 2.21 bits per heavy atom. The van der Waals surface area contributed by atoms with Gasteiger partial charge in [-0.2, -0.15) is 0 Å². The van der Waals surface area contributed by atoms with Gasteiger partial charge in [0.15, 0.2) is 6.29 Å². The van der Waals surface area contributed by atoms with Crippen molar-refractivity contribution in [3.63, 3.8) is 0 Å². The molecule has 0 fully saturated rings. The van der Waals surface area contributed by atoms with Gasteiger partial charge in [0.25, 0.3) is 0 Å². The molecular formula is C17H19NO. The number of rotatable bonds is 4. The van der Waals surface area contributed by atoms with Crippen molar-refractivity contribution in [3.8, 4) is 0 Å². The molecular weight excluding hydrogens is 234 g/mol. The van der Waals surface area contributed by atoms with E-state index in [1.54, 1.807) is 0 Å². The molecule has 2 aromatic rings. The molecule has 2 rings (SSSR count). The minimum absolute atomic E-state index is 0.738. The zero-order valence-electron chi connectivity index (χ0n) is 11.7.